The van der Waals surface area contributed by atoms with Gasteiger partial charge in [-0.05, 0) is 44.9 Å². The van der Waals surface area contributed by atoms with Crippen molar-refractivity contribution < 1.29 is 44.9 Å². The number of aliphatic hydroxyl groups excluding tert-OH is 6. The summed E-state index contributed by atoms with van der Waals surface area (Å²) in [5, 5.41) is 65.2. The first kappa shape index (κ1) is 74.6. The number of unbranched alkanes of at least 4 members (excludes halogenated alkanes) is 47. The zero-order chi connectivity index (χ0) is 56.6. The zero-order valence-corrected chi connectivity index (χ0v) is 51.3. The van der Waals surface area contributed by atoms with Crippen LogP contribution >= 0.6 is 0 Å². The molecule has 1 aliphatic rings. The van der Waals surface area contributed by atoms with Crippen molar-refractivity contribution in [1.29, 1.82) is 0 Å². The molecule has 1 amide bonds. The Morgan fingerprint density at radius 3 is 1.08 bits per heavy atom. The van der Waals surface area contributed by atoms with E-state index in [4.69, 9.17) is 9.47 Å². The lowest BCUT2D eigenvalue weighted by Crippen LogP contribution is -2.60. The molecule has 1 heterocycles. The van der Waals surface area contributed by atoms with E-state index in [1.54, 1.807) is 6.08 Å². The highest BCUT2D eigenvalue weighted by atomic mass is 16.7. The largest absolute Gasteiger partial charge is 0.394 e. The maximum absolute atomic E-state index is 13.2. The lowest BCUT2D eigenvalue weighted by Gasteiger charge is -2.40. The van der Waals surface area contributed by atoms with Crippen LogP contribution in [-0.2, 0) is 14.3 Å². The highest BCUT2D eigenvalue weighted by molar-refractivity contribution is 5.80. The fraction of sp³-hybridized carbons (Fsp3) is 0.926. The van der Waals surface area contributed by atoms with Gasteiger partial charge >= 0.3 is 0 Å². The maximum atomic E-state index is 13.2. The quantitative estimate of drug-likeness (QED) is 0.0232. The summed E-state index contributed by atoms with van der Waals surface area (Å²) < 4.78 is 11.2. The van der Waals surface area contributed by atoms with E-state index in [1.807, 2.05) is 6.08 Å². The maximum Gasteiger partial charge on any atom is 0.249 e. The first-order chi connectivity index (χ1) is 38.3. The molecule has 1 aliphatic heterocycles. The third-order valence-electron chi connectivity index (χ3n) is 16.6. The molecule has 0 aromatic rings. The lowest BCUT2D eigenvalue weighted by atomic mass is 9.99. The summed E-state index contributed by atoms with van der Waals surface area (Å²) in [6, 6.07) is -0.979. The normalized spacial score (nSPS) is 19.1. The van der Waals surface area contributed by atoms with Gasteiger partial charge in [0.2, 0.25) is 5.91 Å². The topological polar surface area (TPSA) is 169 Å². The molecule has 8 unspecified atom stereocenters. The van der Waals surface area contributed by atoms with Crippen LogP contribution in [0.5, 0.6) is 0 Å². The van der Waals surface area contributed by atoms with E-state index < -0.39 is 61.5 Å². The number of ether oxygens (including phenoxy) is 2. The number of hydrogen-bond acceptors (Lipinski definition) is 9. The number of carbonyl (C=O) groups excluding carboxylic acids is 1. The third kappa shape index (κ3) is 45.2. The number of hydrogen-bond donors (Lipinski definition) is 7. The summed E-state index contributed by atoms with van der Waals surface area (Å²) in [6.07, 6.45) is 64.6. The summed E-state index contributed by atoms with van der Waals surface area (Å²) in [5.41, 5.74) is 0. The van der Waals surface area contributed by atoms with Gasteiger partial charge in [-0.15, -0.1) is 0 Å². The van der Waals surface area contributed by atoms with Crippen LogP contribution < -0.4 is 5.32 Å². The number of aliphatic hydroxyl groups is 6. The molecule has 7 N–H and O–H groups in total. The standard InChI is InChI=1S/C68H131NO9/c1-3-5-7-9-11-13-15-17-19-21-22-23-24-25-26-27-28-29-30-31-32-33-34-35-36-37-38-39-41-43-45-47-49-51-53-55-57-62(72)67(76)69-60(59-77-68-66(75)65(74)64(73)63(58-70)78-68)61(71)56-54-52-50-48-46-44-42-40-20-18-16-14-12-10-8-6-4-2/h29-30,54,56,60-66,68,70-75H,3-28,31-53,55,57-59H2,1-2H3,(H,69,76)/b30-29-,56-54+. The van der Waals surface area contributed by atoms with E-state index in [1.165, 1.54) is 276 Å². The molecule has 0 spiro atoms. The van der Waals surface area contributed by atoms with Gasteiger partial charge in [-0.3, -0.25) is 4.79 Å². The fourth-order valence-electron chi connectivity index (χ4n) is 11.2. The van der Waals surface area contributed by atoms with Gasteiger partial charge in [-0.1, -0.05) is 321 Å². The van der Waals surface area contributed by atoms with Crippen molar-refractivity contribution in [1.82, 2.24) is 5.32 Å². The fourth-order valence-corrected chi connectivity index (χ4v) is 11.2. The Balaban J connectivity index is 2.11. The SMILES string of the molecule is CCCCCCCCCCCCCCCCC/C=C/C(O)C(COC1OC(CO)C(O)C(O)C1O)NC(=O)C(O)CCCCCCCCCCCCCCCCCC/C=C\CCCCCCCCCCCCCCCCCC. The van der Waals surface area contributed by atoms with E-state index >= 15 is 0 Å². The molecule has 1 saturated heterocycles. The molecule has 8 atom stereocenters. The van der Waals surface area contributed by atoms with Crippen LogP contribution in [0.15, 0.2) is 24.3 Å². The van der Waals surface area contributed by atoms with Crippen molar-refractivity contribution in [3.05, 3.63) is 24.3 Å². The molecule has 0 radical (unpaired) electrons. The van der Waals surface area contributed by atoms with Crippen molar-refractivity contribution in [2.75, 3.05) is 13.2 Å². The minimum absolute atomic E-state index is 0.302. The summed E-state index contributed by atoms with van der Waals surface area (Å²) in [6.45, 7) is 3.66. The van der Waals surface area contributed by atoms with Gasteiger partial charge in [-0.2, -0.15) is 0 Å². The van der Waals surface area contributed by atoms with Crippen LogP contribution in [0.1, 0.15) is 341 Å². The zero-order valence-electron chi connectivity index (χ0n) is 51.3. The average molecular weight is 1110 g/mol. The minimum Gasteiger partial charge on any atom is -0.394 e. The molecule has 462 valence electrons. The van der Waals surface area contributed by atoms with Crippen LogP contribution in [0.4, 0.5) is 0 Å². The van der Waals surface area contributed by atoms with Gasteiger partial charge in [0.1, 0.15) is 30.5 Å². The Kier molecular flexibility index (Phi) is 55.0. The number of nitrogens with one attached hydrogen (secondary N) is 1. The Hall–Kier alpha value is -1.37. The van der Waals surface area contributed by atoms with Gasteiger partial charge in [0.25, 0.3) is 0 Å². The number of carbonyl (C=O) groups is 1. The van der Waals surface area contributed by atoms with Crippen LogP contribution in [0.3, 0.4) is 0 Å². The van der Waals surface area contributed by atoms with Crippen molar-refractivity contribution in [2.24, 2.45) is 0 Å². The van der Waals surface area contributed by atoms with E-state index in [0.29, 0.717) is 6.42 Å². The predicted molar refractivity (Wildman–Crippen MR) is 329 cm³/mol. The van der Waals surface area contributed by atoms with Gasteiger partial charge in [0, 0.05) is 0 Å². The molecule has 10 nitrogen and oxygen atoms in total. The Morgan fingerprint density at radius 1 is 0.436 bits per heavy atom. The van der Waals surface area contributed by atoms with Gasteiger partial charge in [0.05, 0.1) is 25.4 Å². The highest BCUT2D eigenvalue weighted by Crippen LogP contribution is 2.23. The van der Waals surface area contributed by atoms with Crippen molar-refractivity contribution in [2.45, 2.75) is 390 Å². The summed E-state index contributed by atoms with van der Waals surface area (Å²) in [7, 11) is 0. The molecule has 10 heteroatoms. The van der Waals surface area contributed by atoms with Crippen LogP contribution in [0.25, 0.3) is 0 Å². The molecular weight excluding hydrogens is 975 g/mol. The Morgan fingerprint density at radius 2 is 0.744 bits per heavy atom. The van der Waals surface area contributed by atoms with E-state index in [-0.39, 0.29) is 6.61 Å². The van der Waals surface area contributed by atoms with Crippen molar-refractivity contribution in [3.63, 3.8) is 0 Å². The van der Waals surface area contributed by atoms with Gasteiger partial charge in [-0.25, -0.2) is 0 Å². The second-order valence-electron chi connectivity index (χ2n) is 24.1. The molecule has 0 aliphatic carbocycles. The first-order valence-corrected chi connectivity index (χ1v) is 34.2. The molecule has 0 aromatic carbocycles. The predicted octanol–water partition coefficient (Wildman–Crippen LogP) is 17.1. The van der Waals surface area contributed by atoms with E-state index in [9.17, 15) is 35.4 Å². The molecular formula is C68H131NO9. The number of rotatable bonds is 60. The smallest absolute Gasteiger partial charge is 0.249 e. The molecule has 0 aromatic heterocycles. The second-order valence-corrected chi connectivity index (χ2v) is 24.1. The minimum atomic E-state index is -1.61. The lowest BCUT2D eigenvalue weighted by molar-refractivity contribution is -0.302. The first-order valence-electron chi connectivity index (χ1n) is 34.2. The Labute approximate surface area is 482 Å². The van der Waals surface area contributed by atoms with Gasteiger partial charge in [0.15, 0.2) is 6.29 Å². The molecule has 1 fully saturated rings. The summed E-state index contributed by atoms with van der Waals surface area (Å²) >= 11 is 0. The monoisotopic (exact) mass is 1110 g/mol. The summed E-state index contributed by atoms with van der Waals surface area (Å²) in [5.74, 6) is -0.610. The van der Waals surface area contributed by atoms with E-state index in [0.717, 1.165) is 44.9 Å². The molecule has 78 heavy (non-hydrogen) atoms. The van der Waals surface area contributed by atoms with Crippen LogP contribution in [0, 0.1) is 0 Å². The summed E-state index contributed by atoms with van der Waals surface area (Å²) in [4.78, 5) is 13.2. The molecule has 0 saturated carbocycles. The second kappa shape index (κ2) is 57.4. The number of allylic oxidation sites excluding steroid dienone is 3. The van der Waals surface area contributed by atoms with Gasteiger partial charge < -0.3 is 45.4 Å². The van der Waals surface area contributed by atoms with Crippen LogP contribution in [0.2, 0.25) is 0 Å². The molecule has 0 bridgehead atoms. The number of amides is 1. The van der Waals surface area contributed by atoms with Crippen molar-refractivity contribution >= 4 is 5.91 Å². The van der Waals surface area contributed by atoms with Crippen LogP contribution in [-0.4, -0.2) is 98.7 Å². The van der Waals surface area contributed by atoms with E-state index in [2.05, 4.69) is 31.3 Å². The third-order valence-corrected chi connectivity index (χ3v) is 16.6. The Bertz CT molecular complexity index is 1300. The molecule has 1 rings (SSSR count). The average Bonchev–Trinajstić information content (AvgIpc) is 3.44. The van der Waals surface area contributed by atoms with Crippen molar-refractivity contribution in [3.8, 4) is 0 Å². The highest BCUT2D eigenvalue weighted by Gasteiger charge is 2.44.